The van der Waals surface area contributed by atoms with Crippen molar-refractivity contribution in [1.29, 1.82) is 0 Å². The Morgan fingerprint density at radius 1 is 1.46 bits per heavy atom. The predicted molar refractivity (Wildman–Crippen MR) is 57.6 cm³/mol. The third-order valence-corrected chi connectivity index (χ3v) is 3.46. The first-order valence-corrected chi connectivity index (χ1v) is 5.30. The molecule has 0 atom stereocenters. The van der Waals surface area contributed by atoms with Gasteiger partial charge in [0.25, 0.3) is 0 Å². The predicted octanol–water partition coefficient (Wildman–Crippen LogP) is 3.48. The monoisotopic (exact) mass is 192 g/mol. The van der Waals surface area contributed by atoms with Crippen LogP contribution in [0.4, 0.5) is 0 Å². The number of aromatic hydroxyl groups is 1. The number of hydrogen-bond acceptors (Lipinski definition) is 2. The number of rotatable bonds is 1. The molecule has 0 saturated heterocycles. The number of thiophene rings is 1. The summed E-state index contributed by atoms with van der Waals surface area (Å²) in [5.74, 6) is 0.423. The van der Waals surface area contributed by atoms with Gasteiger partial charge in [-0.25, -0.2) is 0 Å². The smallest absolute Gasteiger partial charge is 0.120 e. The van der Waals surface area contributed by atoms with E-state index in [2.05, 4.69) is 18.4 Å². The Bertz CT molecular complexity index is 443. The molecule has 0 radical (unpaired) electrons. The molecule has 68 valence electrons. The lowest BCUT2D eigenvalue weighted by molar-refractivity contribution is 0.471. The second-order valence-electron chi connectivity index (χ2n) is 3.20. The molecule has 1 aromatic carbocycles. The van der Waals surface area contributed by atoms with E-state index in [-0.39, 0.29) is 0 Å². The zero-order valence-electron chi connectivity index (χ0n) is 7.79. The maximum Gasteiger partial charge on any atom is 0.120 e. The molecule has 0 aliphatic carbocycles. The summed E-state index contributed by atoms with van der Waals surface area (Å²) in [5, 5.41) is 13.0. The number of aryl methyl sites for hydroxylation is 2. The fourth-order valence-corrected chi connectivity index (χ4v) is 2.56. The summed E-state index contributed by atoms with van der Waals surface area (Å²) in [6, 6.07) is 4.01. The van der Waals surface area contributed by atoms with Gasteiger partial charge < -0.3 is 5.11 Å². The molecule has 0 saturated carbocycles. The van der Waals surface area contributed by atoms with Crippen LogP contribution < -0.4 is 0 Å². The van der Waals surface area contributed by atoms with Crippen molar-refractivity contribution < 1.29 is 5.11 Å². The summed E-state index contributed by atoms with van der Waals surface area (Å²) >= 11 is 1.70. The van der Waals surface area contributed by atoms with Gasteiger partial charge in [-0.15, -0.1) is 11.3 Å². The number of phenols is 1. The number of phenolic OH excluding ortho intramolecular Hbond substituents is 1. The first-order chi connectivity index (χ1) is 6.24. The van der Waals surface area contributed by atoms with E-state index in [1.165, 1.54) is 15.6 Å². The van der Waals surface area contributed by atoms with Crippen LogP contribution in [-0.4, -0.2) is 5.11 Å². The maximum atomic E-state index is 9.65. The summed E-state index contributed by atoms with van der Waals surface area (Å²) < 4.78 is 1.22. The van der Waals surface area contributed by atoms with Crippen LogP contribution in [0.3, 0.4) is 0 Å². The van der Waals surface area contributed by atoms with E-state index in [4.69, 9.17) is 0 Å². The van der Waals surface area contributed by atoms with Crippen LogP contribution >= 0.6 is 11.3 Å². The van der Waals surface area contributed by atoms with Crippen LogP contribution in [0.1, 0.15) is 18.1 Å². The van der Waals surface area contributed by atoms with Gasteiger partial charge in [-0.1, -0.05) is 6.92 Å². The van der Waals surface area contributed by atoms with Crippen LogP contribution in [0.2, 0.25) is 0 Å². The molecule has 0 aliphatic rings. The zero-order valence-corrected chi connectivity index (χ0v) is 8.61. The normalized spacial score (nSPS) is 10.9. The Balaban J connectivity index is 2.87. The summed E-state index contributed by atoms with van der Waals surface area (Å²) in [6.45, 7) is 4.08. The van der Waals surface area contributed by atoms with Crippen LogP contribution in [-0.2, 0) is 6.42 Å². The lowest BCUT2D eigenvalue weighted by atomic mass is 10.0. The van der Waals surface area contributed by atoms with E-state index < -0.39 is 0 Å². The lowest BCUT2D eigenvalue weighted by Gasteiger charge is -2.04. The van der Waals surface area contributed by atoms with Gasteiger partial charge in [0.2, 0.25) is 0 Å². The Morgan fingerprint density at radius 2 is 2.23 bits per heavy atom. The van der Waals surface area contributed by atoms with E-state index in [0.29, 0.717) is 5.75 Å². The van der Waals surface area contributed by atoms with Crippen molar-refractivity contribution in [1.82, 2.24) is 0 Å². The third kappa shape index (κ3) is 1.22. The highest BCUT2D eigenvalue weighted by molar-refractivity contribution is 7.17. The highest BCUT2D eigenvalue weighted by Crippen LogP contribution is 2.33. The van der Waals surface area contributed by atoms with E-state index in [1.807, 2.05) is 13.0 Å². The van der Waals surface area contributed by atoms with E-state index in [9.17, 15) is 5.11 Å². The van der Waals surface area contributed by atoms with Gasteiger partial charge in [-0.2, -0.15) is 0 Å². The quantitative estimate of drug-likeness (QED) is 0.733. The lowest BCUT2D eigenvalue weighted by Crippen LogP contribution is -1.83. The molecule has 0 aliphatic heterocycles. The zero-order chi connectivity index (χ0) is 9.42. The standard InChI is InChI=1S/C11H12OS/c1-3-8-6-10(12)7(2)11-9(8)4-5-13-11/h4-6,12H,3H2,1-2H3. The molecule has 2 rings (SSSR count). The van der Waals surface area contributed by atoms with E-state index in [1.54, 1.807) is 11.3 Å². The van der Waals surface area contributed by atoms with Gasteiger partial charge in [0, 0.05) is 10.3 Å². The van der Waals surface area contributed by atoms with Gasteiger partial charge in [0.05, 0.1) is 0 Å². The summed E-state index contributed by atoms with van der Waals surface area (Å²) in [5.41, 5.74) is 2.24. The van der Waals surface area contributed by atoms with Crippen molar-refractivity contribution in [2.75, 3.05) is 0 Å². The number of hydrogen-bond donors (Lipinski definition) is 1. The minimum absolute atomic E-state index is 0.423. The summed E-state index contributed by atoms with van der Waals surface area (Å²) in [6.07, 6.45) is 0.973. The van der Waals surface area contributed by atoms with Crippen LogP contribution in [0.5, 0.6) is 5.75 Å². The van der Waals surface area contributed by atoms with Gasteiger partial charge >= 0.3 is 0 Å². The average molecular weight is 192 g/mol. The van der Waals surface area contributed by atoms with Crippen molar-refractivity contribution >= 4 is 21.4 Å². The second kappa shape index (κ2) is 3.04. The van der Waals surface area contributed by atoms with Crippen molar-refractivity contribution in [3.63, 3.8) is 0 Å². The second-order valence-corrected chi connectivity index (χ2v) is 4.11. The Morgan fingerprint density at radius 3 is 2.92 bits per heavy atom. The van der Waals surface area contributed by atoms with Gasteiger partial charge in [0.1, 0.15) is 5.75 Å². The Hall–Kier alpha value is -1.02. The molecule has 0 spiro atoms. The molecule has 1 N–H and O–H groups in total. The molecule has 0 unspecified atom stereocenters. The maximum absolute atomic E-state index is 9.65. The molecule has 1 nitrogen and oxygen atoms in total. The molecule has 1 aromatic heterocycles. The fraction of sp³-hybridized carbons (Fsp3) is 0.273. The minimum Gasteiger partial charge on any atom is -0.508 e. The first-order valence-electron chi connectivity index (χ1n) is 4.42. The molecule has 0 amide bonds. The van der Waals surface area contributed by atoms with Crippen molar-refractivity contribution in [3.8, 4) is 5.75 Å². The topological polar surface area (TPSA) is 20.2 Å². The van der Waals surface area contributed by atoms with E-state index in [0.717, 1.165) is 12.0 Å². The summed E-state index contributed by atoms with van der Waals surface area (Å²) in [4.78, 5) is 0. The molecule has 1 heterocycles. The largest absolute Gasteiger partial charge is 0.508 e. The molecular formula is C11H12OS. The highest BCUT2D eigenvalue weighted by Gasteiger charge is 2.07. The first kappa shape index (κ1) is 8.57. The molecule has 2 heteroatoms. The fourth-order valence-electron chi connectivity index (χ4n) is 1.61. The molecule has 13 heavy (non-hydrogen) atoms. The Kier molecular flexibility index (Phi) is 2.00. The molecule has 2 aromatic rings. The van der Waals surface area contributed by atoms with E-state index >= 15 is 0 Å². The molecular weight excluding hydrogens is 180 g/mol. The van der Waals surface area contributed by atoms with Gasteiger partial charge in [-0.3, -0.25) is 0 Å². The Labute approximate surface area is 81.6 Å². The average Bonchev–Trinajstić information content (AvgIpc) is 2.60. The van der Waals surface area contributed by atoms with Gasteiger partial charge in [0.15, 0.2) is 0 Å². The van der Waals surface area contributed by atoms with Crippen LogP contribution in [0.25, 0.3) is 10.1 Å². The number of fused-ring (bicyclic) bond motifs is 1. The molecule has 0 fully saturated rings. The minimum atomic E-state index is 0.423. The summed E-state index contributed by atoms with van der Waals surface area (Å²) in [7, 11) is 0. The SMILES string of the molecule is CCc1cc(O)c(C)c2sccc12. The van der Waals surface area contributed by atoms with Crippen molar-refractivity contribution in [2.45, 2.75) is 20.3 Å². The van der Waals surface area contributed by atoms with Crippen LogP contribution in [0.15, 0.2) is 17.5 Å². The van der Waals surface area contributed by atoms with Crippen molar-refractivity contribution in [3.05, 3.63) is 28.6 Å². The van der Waals surface area contributed by atoms with Crippen LogP contribution in [0, 0.1) is 6.92 Å². The number of benzene rings is 1. The highest BCUT2D eigenvalue weighted by atomic mass is 32.1. The molecule has 0 bridgehead atoms. The van der Waals surface area contributed by atoms with Crippen molar-refractivity contribution in [2.24, 2.45) is 0 Å². The third-order valence-electron chi connectivity index (χ3n) is 2.43. The van der Waals surface area contributed by atoms with Gasteiger partial charge in [-0.05, 0) is 41.8 Å².